The molecule has 2 N–H and O–H groups in total. The van der Waals surface area contributed by atoms with Crippen molar-refractivity contribution in [1.82, 2.24) is 15.3 Å². The maximum Gasteiger partial charge on any atom is 0.223 e. The van der Waals surface area contributed by atoms with Gasteiger partial charge in [0.1, 0.15) is 0 Å². The van der Waals surface area contributed by atoms with Crippen LogP contribution in [-0.2, 0) is 22.4 Å². The Labute approximate surface area is 101 Å². The van der Waals surface area contributed by atoms with Crippen LogP contribution >= 0.6 is 0 Å². The van der Waals surface area contributed by atoms with Gasteiger partial charge in [-0.25, -0.2) is 4.98 Å². The van der Waals surface area contributed by atoms with Crippen LogP contribution < -0.4 is 5.32 Å². The van der Waals surface area contributed by atoms with Crippen LogP contribution in [0.25, 0.3) is 0 Å². The average molecular weight is 237 g/mol. The van der Waals surface area contributed by atoms with Crippen molar-refractivity contribution in [2.75, 3.05) is 20.3 Å². The summed E-state index contributed by atoms with van der Waals surface area (Å²) >= 11 is 0. The van der Waals surface area contributed by atoms with Gasteiger partial charge in [0.25, 0.3) is 0 Å². The number of fused-ring (bicyclic) bond motifs is 1. The molecule has 1 atom stereocenters. The summed E-state index contributed by atoms with van der Waals surface area (Å²) in [4.78, 5) is 19.2. The molecule has 1 heterocycles. The third-order valence-corrected chi connectivity index (χ3v) is 3.18. The summed E-state index contributed by atoms with van der Waals surface area (Å²) in [5.74, 6) is 0.242. The number of aromatic nitrogens is 2. The lowest BCUT2D eigenvalue weighted by Crippen LogP contribution is -2.35. The molecule has 1 unspecified atom stereocenters. The van der Waals surface area contributed by atoms with Crippen molar-refractivity contribution in [3.8, 4) is 0 Å². The molecule has 2 rings (SSSR count). The Morgan fingerprint density at radius 1 is 1.71 bits per heavy atom. The number of carbonyl (C=O) groups excluding carboxylic acids is 1. The van der Waals surface area contributed by atoms with Crippen LogP contribution in [0.5, 0.6) is 0 Å². The van der Waals surface area contributed by atoms with Crippen LogP contribution in [0.15, 0.2) is 6.33 Å². The summed E-state index contributed by atoms with van der Waals surface area (Å²) in [6, 6.07) is 0. The molecule has 1 aliphatic rings. The van der Waals surface area contributed by atoms with E-state index in [0.29, 0.717) is 13.2 Å². The standard InChI is InChI=1S/C12H19N3O2/c1-17-6-2-5-13-12(16)9-3-4-10-11(7-9)15-8-14-10/h8-9H,2-7H2,1H3,(H,13,16)(H,14,15). The SMILES string of the molecule is COCCCNC(=O)C1CCc2nc[nH]c2C1. The molecule has 1 aromatic rings. The Bertz CT molecular complexity index is 376. The summed E-state index contributed by atoms with van der Waals surface area (Å²) < 4.78 is 4.94. The van der Waals surface area contributed by atoms with Crippen molar-refractivity contribution in [3.05, 3.63) is 17.7 Å². The molecule has 5 nitrogen and oxygen atoms in total. The van der Waals surface area contributed by atoms with Gasteiger partial charge in [-0.1, -0.05) is 0 Å². The van der Waals surface area contributed by atoms with Crippen LogP contribution in [0.4, 0.5) is 0 Å². The van der Waals surface area contributed by atoms with Crippen molar-refractivity contribution in [2.45, 2.75) is 25.7 Å². The highest BCUT2D eigenvalue weighted by Gasteiger charge is 2.25. The first kappa shape index (κ1) is 12.1. The zero-order valence-corrected chi connectivity index (χ0v) is 10.2. The summed E-state index contributed by atoms with van der Waals surface area (Å²) in [7, 11) is 1.67. The molecule has 17 heavy (non-hydrogen) atoms. The second-order valence-electron chi connectivity index (χ2n) is 4.40. The van der Waals surface area contributed by atoms with Crippen molar-refractivity contribution in [2.24, 2.45) is 5.92 Å². The normalized spacial score (nSPS) is 18.8. The molecular weight excluding hydrogens is 218 g/mol. The smallest absolute Gasteiger partial charge is 0.223 e. The number of ether oxygens (including phenoxy) is 1. The van der Waals surface area contributed by atoms with Crippen LogP contribution in [-0.4, -0.2) is 36.1 Å². The fraction of sp³-hybridized carbons (Fsp3) is 0.667. The second kappa shape index (κ2) is 5.82. The number of hydrogen-bond acceptors (Lipinski definition) is 3. The summed E-state index contributed by atoms with van der Waals surface area (Å²) in [6.07, 6.45) is 5.15. The minimum absolute atomic E-state index is 0.0884. The molecule has 0 fully saturated rings. The Morgan fingerprint density at radius 3 is 3.41 bits per heavy atom. The highest BCUT2D eigenvalue weighted by molar-refractivity contribution is 5.79. The molecule has 5 heteroatoms. The number of imidazole rings is 1. The Balaban J connectivity index is 1.78. The third kappa shape index (κ3) is 3.06. The van der Waals surface area contributed by atoms with Gasteiger partial charge in [0.2, 0.25) is 5.91 Å². The van der Waals surface area contributed by atoms with Gasteiger partial charge in [-0.2, -0.15) is 0 Å². The van der Waals surface area contributed by atoms with Gasteiger partial charge in [0.05, 0.1) is 12.0 Å². The number of hydrogen-bond donors (Lipinski definition) is 2. The minimum Gasteiger partial charge on any atom is -0.385 e. The van der Waals surface area contributed by atoms with Crippen LogP contribution in [0.3, 0.4) is 0 Å². The van der Waals surface area contributed by atoms with E-state index in [0.717, 1.165) is 37.1 Å². The summed E-state index contributed by atoms with van der Waals surface area (Å²) in [5, 5.41) is 2.96. The largest absolute Gasteiger partial charge is 0.385 e. The van der Waals surface area contributed by atoms with E-state index >= 15 is 0 Å². The number of methoxy groups -OCH3 is 1. The lowest BCUT2D eigenvalue weighted by Gasteiger charge is -2.20. The van der Waals surface area contributed by atoms with Gasteiger partial charge in [-0.05, 0) is 19.3 Å². The van der Waals surface area contributed by atoms with E-state index in [-0.39, 0.29) is 11.8 Å². The van der Waals surface area contributed by atoms with E-state index in [9.17, 15) is 4.79 Å². The first-order valence-corrected chi connectivity index (χ1v) is 6.09. The van der Waals surface area contributed by atoms with E-state index in [1.807, 2.05) is 0 Å². The van der Waals surface area contributed by atoms with E-state index in [2.05, 4.69) is 15.3 Å². The lowest BCUT2D eigenvalue weighted by molar-refractivity contribution is -0.125. The maximum absolute atomic E-state index is 11.9. The van der Waals surface area contributed by atoms with E-state index in [1.54, 1.807) is 13.4 Å². The molecule has 0 saturated heterocycles. The lowest BCUT2D eigenvalue weighted by atomic mass is 9.89. The van der Waals surface area contributed by atoms with Crippen LogP contribution in [0.1, 0.15) is 24.2 Å². The molecule has 0 spiro atoms. The van der Waals surface area contributed by atoms with Gasteiger partial charge in [0.15, 0.2) is 0 Å². The molecule has 0 aliphatic heterocycles. The fourth-order valence-electron chi connectivity index (χ4n) is 2.20. The van der Waals surface area contributed by atoms with Crippen molar-refractivity contribution in [3.63, 3.8) is 0 Å². The first-order valence-electron chi connectivity index (χ1n) is 6.09. The van der Waals surface area contributed by atoms with Gasteiger partial charge in [-0.3, -0.25) is 4.79 Å². The van der Waals surface area contributed by atoms with Crippen LogP contribution in [0.2, 0.25) is 0 Å². The highest BCUT2D eigenvalue weighted by Crippen LogP contribution is 2.22. The summed E-state index contributed by atoms with van der Waals surface area (Å²) in [5.41, 5.74) is 2.24. The molecule has 1 amide bonds. The van der Waals surface area contributed by atoms with Crippen molar-refractivity contribution in [1.29, 1.82) is 0 Å². The Hall–Kier alpha value is -1.36. The number of aryl methyl sites for hydroxylation is 1. The van der Waals surface area contributed by atoms with Gasteiger partial charge < -0.3 is 15.0 Å². The number of rotatable bonds is 5. The van der Waals surface area contributed by atoms with E-state index in [1.165, 1.54) is 0 Å². The molecule has 1 aliphatic carbocycles. The number of nitrogens with zero attached hydrogens (tertiary/aromatic N) is 1. The number of amides is 1. The maximum atomic E-state index is 11.9. The van der Waals surface area contributed by atoms with E-state index < -0.39 is 0 Å². The number of nitrogens with one attached hydrogen (secondary N) is 2. The third-order valence-electron chi connectivity index (χ3n) is 3.18. The quantitative estimate of drug-likeness (QED) is 0.740. The van der Waals surface area contributed by atoms with Gasteiger partial charge >= 0.3 is 0 Å². The number of aromatic amines is 1. The molecule has 0 radical (unpaired) electrons. The molecule has 1 aromatic heterocycles. The first-order chi connectivity index (χ1) is 8.31. The molecule has 0 bridgehead atoms. The van der Waals surface area contributed by atoms with Crippen molar-refractivity contribution < 1.29 is 9.53 Å². The number of H-pyrrole nitrogens is 1. The molecular formula is C12H19N3O2. The number of carbonyl (C=O) groups is 1. The zero-order valence-electron chi connectivity index (χ0n) is 10.2. The topological polar surface area (TPSA) is 67.0 Å². The Morgan fingerprint density at radius 2 is 2.59 bits per heavy atom. The molecule has 94 valence electrons. The Kier molecular flexibility index (Phi) is 4.14. The predicted molar refractivity (Wildman–Crippen MR) is 63.6 cm³/mol. The van der Waals surface area contributed by atoms with E-state index in [4.69, 9.17) is 4.74 Å². The second-order valence-corrected chi connectivity index (χ2v) is 4.40. The molecule has 0 aromatic carbocycles. The monoisotopic (exact) mass is 237 g/mol. The van der Waals surface area contributed by atoms with Gasteiger partial charge in [-0.15, -0.1) is 0 Å². The van der Waals surface area contributed by atoms with Crippen LogP contribution in [0, 0.1) is 5.92 Å². The van der Waals surface area contributed by atoms with Gasteiger partial charge in [0, 0.05) is 38.3 Å². The zero-order chi connectivity index (χ0) is 12.1. The minimum atomic E-state index is 0.0884. The van der Waals surface area contributed by atoms with Crippen molar-refractivity contribution >= 4 is 5.91 Å². The summed E-state index contributed by atoms with van der Waals surface area (Å²) in [6.45, 7) is 1.38. The predicted octanol–water partition coefficient (Wildman–Crippen LogP) is 0.667. The average Bonchev–Trinajstić information content (AvgIpc) is 2.81. The highest BCUT2D eigenvalue weighted by atomic mass is 16.5. The fourth-order valence-corrected chi connectivity index (χ4v) is 2.20. The molecule has 0 saturated carbocycles.